The highest BCUT2D eigenvalue weighted by molar-refractivity contribution is 9.10. The van der Waals surface area contributed by atoms with E-state index in [0.29, 0.717) is 6.04 Å². The Morgan fingerprint density at radius 3 is 2.71 bits per heavy atom. The van der Waals surface area contributed by atoms with Crippen molar-refractivity contribution in [3.05, 3.63) is 28.7 Å². The van der Waals surface area contributed by atoms with Gasteiger partial charge >= 0.3 is 0 Å². The van der Waals surface area contributed by atoms with Crippen LogP contribution < -0.4 is 4.90 Å². The Labute approximate surface area is 111 Å². The van der Waals surface area contributed by atoms with Crippen molar-refractivity contribution in [2.45, 2.75) is 18.9 Å². The first-order chi connectivity index (χ1) is 8.20. The van der Waals surface area contributed by atoms with Crippen molar-refractivity contribution < 1.29 is 4.79 Å². The first kappa shape index (κ1) is 12.6. The SMILES string of the molecule is CN1CCC[C@@H]1CN(C=O)c1ccc(Br)cc1. The van der Waals surface area contributed by atoms with Gasteiger partial charge in [0.05, 0.1) is 0 Å². The summed E-state index contributed by atoms with van der Waals surface area (Å²) < 4.78 is 1.03. The number of amides is 1. The fourth-order valence-corrected chi connectivity index (χ4v) is 2.54. The van der Waals surface area contributed by atoms with Crippen LogP contribution in [0.15, 0.2) is 28.7 Å². The predicted molar refractivity (Wildman–Crippen MR) is 73.2 cm³/mol. The largest absolute Gasteiger partial charge is 0.313 e. The minimum atomic E-state index is 0.490. The van der Waals surface area contributed by atoms with Gasteiger partial charge < -0.3 is 9.80 Å². The van der Waals surface area contributed by atoms with Crippen molar-refractivity contribution in [3.63, 3.8) is 0 Å². The molecule has 3 nitrogen and oxygen atoms in total. The molecule has 0 N–H and O–H groups in total. The molecule has 0 aromatic heterocycles. The Morgan fingerprint density at radius 2 is 2.18 bits per heavy atom. The summed E-state index contributed by atoms with van der Waals surface area (Å²) in [6.45, 7) is 1.92. The Hall–Kier alpha value is -0.870. The highest BCUT2D eigenvalue weighted by Gasteiger charge is 2.23. The number of likely N-dealkylation sites (tertiary alicyclic amines) is 1. The number of anilines is 1. The van der Waals surface area contributed by atoms with Crippen molar-refractivity contribution in [1.29, 1.82) is 0 Å². The molecule has 1 amide bonds. The van der Waals surface area contributed by atoms with Crippen LogP contribution in [0.5, 0.6) is 0 Å². The molecule has 1 aliphatic rings. The van der Waals surface area contributed by atoms with Gasteiger partial charge in [0.2, 0.25) is 6.41 Å². The van der Waals surface area contributed by atoms with Crippen molar-refractivity contribution in [3.8, 4) is 0 Å². The molecule has 0 spiro atoms. The van der Waals surface area contributed by atoms with Crippen LogP contribution in [0.4, 0.5) is 5.69 Å². The second kappa shape index (κ2) is 5.65. The van der Waals surface area contributed by atoms with Gasteiger partial charge in [-0.3, -0.25) is 4.79 Å². The van der Waals surface area contributed by atoms with Crippen molar-refractivity contribution >= 4 is 28.0 Å². The van der Waals surface area contributed by atoms with Crippen LogP contribution in [0, 0.1) is 0 Å². The molecule has 1 aromatic carbocycles. The van der Waals surface area contributed by atoms with Gasteiger partial charge in [-0.25, -0.2) is 0 Å². The molecule has 2 rings (SSSR count). The molecule has 17 heavy (non-hydrogen) atoms. The number of nitrogens with zero attached hydrogens (tertiary/aromatic N) is 2. The Kier molecular flexibility index (Phi) is 4.18. The van der Waals surface area contributed by atoms with Gasteiger partial charge in [-0.1, -0.05) is 15.9 Å². The number of carbonyl (C=O) groups excluding carboxylic acids is 1. The predicted octanol–water partition coefficient (Wildman–Crippen LogP) is 2.51. The minimum Gasteiger partial charge on any atom is -0.313 e. The van der Waals surface area contributed by atoms with E-state index in [1.54, 1.807) is 4.90 Å². The molecule has 1 saturated heterocycles. The van der Waals surface area contributed by atoms with Crippen LogP contribution in [-0.4, -0.2) is 37.5 Å². The Balaban J connectivity index is 2.05. The van der Waals surface area contributed by atoms with Gasteiger partial charge in [0.15, 0.2) is 0 Å². The van der Waals surface area contributed by atoms with Crippen molar-refractivity contribution in [1.82, 2.24) is 4.90 Å². The van der Waals surface area contributed by atoms with Crippen LogP contribution in [0.3, 0.4) is 0 Å². The van der Waals surface area contributed by atoms with Crippen LogP contribution in [0.2, 0.25) is 0 Å². The molecular weight excluding hydrogens is 280 g/mol. The number of halogens is 1. The summed E-state index contributed by atoms with van der Waals surface area (Å²) in [5, 5.41) is 0. The molecule has 1 aliphatic heterocycles. The summed E-state index contributed by atoms with van der Waals surface area (Å²) in [4.78, 5) is 15.3. The standard InChI is InChI=1S/C13H17BrN2O/c1-15-8-2-3-13(15)9-16(10-17)12-6-4-11(14)5-7-12/h4-7,10,13H,2-3,8-9H2,1H3/t13-/m1/s1. The average molecular weight is 297 g/mol. The molecule has 1 fully saturated rings. The lowest BCUT2D eigenvalue weighted by Gasteiger charge is -2.26. The summed E-state index contributed by atoms with van der Waals surface area (Å²) in [5.74, 6) is 0. The molecule has 92 valence electrons. The van der Waals surface area contributed by atoms with E-state index in [4.69, 9.17) is 0 Å². The highest BCUT2D eigenvalue weighted by atomic mass is 79.9. The fourth-order valence-electron chi connectivity index (χ4n) is 2.28. The Morgan fingerprint density at radius 1 is 1.47 bits per heavy atom. The number of carbonyl (C=O) groups is 1. The quantitative estimate of drug-likeness (QED) is 0.797. The molecule has 1 heterocycles. The first-order valence-corrected chi connectivity index (χ1v) is 6.68. The second-order valence-corrected chi connectivity index (χ2v) is 5.43. The molecule has 4 heteroatoms. The van der Waals surface area contributed by atoms with E-state index in [2.05, 4.69) is 27.9 Å². The molecular formula is C13H17BrN2O. The average Bonchev–Trinajstić information content (AvgIpc) is 2.73. The van der Waals surface area contributed by atoms with Crippen molar-refractivity contribution in [2.24, 2.45) is 0 Å². The van der Waals surface area contributed by atoms with Gasteiger partial charge in [0.25, 0.3) is 0 Å². The van der Waals surface area contributed by atoms with Gasteiger partial charge in [-0.2, -0.15) is 0 Å². The zero-order valence-electron chi connectivity index (χ0n) is 9.97. The van der Waals surface area contributed by atoms with E-state index in [0.717, 1.165) is 29.7 Å². The summed E-state index contributed by atoms with van der Waals surface area (Å²) in [6, 6.07) is 8.35. The maximum Gasteiger partial charge on any atom is 0.214 e. The third kappa shape index (κ3) is 3.07. The normalized spacial score (nSPS) is 20.5. The van der Waals surface area contributed by atoms with E-state index < -0.39 is 0 Å². The van der Waals surface area contributed by atoms with Crippen LogP contribution in [0.1, 0.15) is 12.8 Å². The zero-order valence-corrected chi connectivity index (χ0v) is 11.6. The zero-order chi connectivity index (χ0) is 12.3. The van der Waals surface area contributed by atoms with Gasteiger partial charge in [0.1, 0.15) is 0 Å². The maximum absolute atomic E-state index is 11.2. The summed E-state index contributed by atoms with van der Waals surface area (Å²) in [5.41, 5.74) is 0.962. The summed E-state index contributed by atoms with van der Waals surface area (Å²) >= 11 is 3.40. The van der Waals surface area contributed by atoms with Gasteiger partial charge in [0, 0.05) is 22.7 Å². The maximum atomic E-state index is 11.2. The van der Waals surface area contributed by atoms with E-state index in [9.17, 15) is 4.79 Å². The van der Waals surface area contributed by atoms with Crippen LogP contribution in [0.25, 0.3) is 0 Å². The van der Waals surface area contributed by atoms with E-state index in [-0.39, 0.29) is 0 Å². The van der Waals surface area contributed by atoms with Crippen LogP contribution in [-0.2, 0) is 4.79 Å². The number of benzene rings is 1. The number of hydrogen-bond donors (Lipinski definition) is 0. The van der Waals surface area contributed by atoms with Gasteiger partial charge in [-0.15, -0.1) is 0 Å². The molecule has 0 bridgehead atoms. The first-order valence-electron chi connectivity index (χ1n) is 5.88. The lowest BCUT2D eigenvalue weighted by molar-refractivity contribution is -0.107. The topological polar surface area (TPSA) is 23.6 Å². The molecule has 1 atom stereocenters. The minimum absolute atomic E-state index is 0.490. The van der Waals surface area contributed by atoms with Crippen LogP contribution >= 0.6 is 15.9 Å². The fraction of sp³-hybridized carbons (Fsp3) is 0.462. The molecule has 0 unspecified atom stereocenters. The number of rotatable bonds is 4. The molecule has 0 radical (unpaired) electrons. The second-order valence-electron chi connectivity index (χ2n) is 4.51. The Bertz CT molecular complexity index is 380. The molecule has 0 aliphatic carbocycles. The molecule has 1 aromatic rings. The van der Waals surface area contributed by atoms with E-state index in [1.807, 2.05) is 24.3 Å². The van der Waals surface area contributed by atoms with Crippen molar-refractivity contribution in [2.75, 3.05) is 25.0 Å². The van der Waals surface area contributed by atoms with Gasteiger partial charge in [-0.05, 0) is 50.7 Å². The lowest BCUT2D eigenvalue weighted by atomic mass is 10.2. The third-order valence-electron chi connectivity index (χ3n) is 3.36. The summed E-state index contributed by atoms with van der Waals surface area (Å²) in [6.07, 6.45) is 3.33. The lowest BCUT2D eigenvalue weighted by Crippen LogP contribution is -2.37. The smallest absolute Gasteiger partial charge is 0.214 e. The number of hydrogen-bond acceptors (Lipinski definition) is 2. The molecule has 0 saturated carbocycles. The monoisotopic (exact) mass is 296 g/mol. The van der Waals surface area contributed by atoms with E-state index in [1.165, 1.54) is 12.8 Å². The summed E-state index contributed by atoms with van der Waals surface area (Å²) in [7, 11) is 2.13. The van der Waals surface area contributed by atoms with E-state index >= 15 is 0 Å². The third-order valence-corrected chi connectivity index (χ3v) is 3.89. The highest BCUT2D eigenvalue weighted by Crippen LogP contribution is 2.21. The number of likely N-dealkylation sites (N-methyl/N-ethyl adjacent to an activating group) is 1.